The summed E-state index contributed by atoms with van der Waals surface area (Å²) in [5.74, 6) is 0.684. The van der Waals surface area contributed by atoms with Gasteiger partial charge in [0.2, 0.25) is 0 Å². The number of fused-ring (bicyclic) bond motifs is 5. The molecule has 0 aliphatic carbocycles. The zero-order valence-corrected chi connectivity index (χ0v) is 36.0. The van der Waals surface area contributed by atoms with Crippen molar-refractivity contribution >= 4 is 32.4 Å². The number of rotatable bonds is 8. The predicted molar refractivity (Wildman–Crippen MR) is 276 cm³/mol. The summed E-state index contributed by atoms with van der Waals surface area (Å²) in [6, 6.07) is 88.1. The Morgan fingerprint density at radius 2 is 0.712 bits per heavy atom. The van der Waals surface area contributed by atoms with E-state index in [-0.39, 0.29) is 0 Å². The molecular weight excluding hydrogens is 799 g/mol. The molecule has 0 aliphatic heterocycles. The van der Waals surface area contributed by atoms with Crippen LogP contribution in [0.4, 0.5) is 0 Å². The van der Waals surface area contributed by atoms with E-state index in [1.807, 2.05) is 12.1 Å². The first-order chi connectivity index (χ1) is 32.7. The lowest BCUT2D eigenvalue weighted by Crippen LogP contribution is -1.96. The molecule has 10 aromatic carbocycles. The molecule has 2 heterocycles. The predicted octanol–water partition coefficient (Wildman–Crippen LogP) is 16.7. The van der Waals surface area contributed by atoms with Crippen LogP contribution in [0.3, 0.4) is 0 Å². The molecule has 0 spiro atoms. The summed E-state index contributed by atoms with van der Waals surface area (Å²) in [4.78, 5) is 15.9. The molecule has 0 amide bonds. The summed E-state index contributed by atoms with van der Waals surface area (Å²) >= 11 is 0. The Morgan fingerprint density at radius 3 is 1.38 bits per heavy atom. The van der Waals surface area contributed by atoms with Gasteiger partial charge in [-0.25, -0.2) is 15.0 Å². The van der Waals surface area contributed by atoms with Gasteiger partial charge in [-0.1, -0.05) is 231 Å². The minimum absolute atomic E-state index is 0.684. The Hall–Kier alpha value is -8.79. The second-order valence-electron chi connectivity index (χ2n) is 16.7. The largest absolute Gasteiger partial charge is 0.246 e. The van der Waals surface area contributed by atoms with E-state index in [9.17, 15) is 0 Å². The number of pyridine rings is 1. The van der Waals surface area contributed by atoms with Crippen molar-refractivity contribution in [2.24, 2.45) is 0 Å². The molecule has 0 aliphatic rings. The number of hydrogen-bond acceptors (Lipinski definition) is 3. The van der Waals surface area contributed by atoms with Crippen LogP contribution in [0, 0.1) is 0 Å². The van der Waals surface area contributed by atoms with Gasteiger partial charge in [-0.15, -0.1) is 0 Å². The van der Waals surface area contributed by atoms with E-state index in [1.165, 1.54) is 21.7 Å². The quantitative estimate of drug-likeness (QED) is 0.143. The van der Waals surface area contributed by atoms with Gasteiger partial charge in [0, 0.05) is 44.0 Å². The maximum Gasteiger partial charge on any atom is 0.160 e. The average molecular weight is 840 g/mol. The van der Waals surface area contributed by atoms with E-state index in [0.717, 1.165) is 94.6 Å². The monoisotopic (exact) mass is 839 g/mol. The van der Waals surface area contributed by atoms with Crippen LogP contribution in [-0.4, -0.2) is 15.0 Å². The van der Waals surface area contributed by atoms with E-state index >= 15 is 0 Å². The fourth-order valence-electron chi connectivity index (χ4n) is 9.35. The smallest absolute Gasteiger partial charge is 0.160 e. The second-order valence-corrected chi connectivity index (χ2v) is 16.7. The van der Waals surface area contributed by atoms with Crippen LogP contribution < -0.4 is 0 Å². The van der Waals surface area contributed by atoms with Crippen molar-refractivity contribution in [3.05, 3.63) is 249 Å². The van der Waals surface area contributed by atoms with Gasteiger partial charge in [0.1, 0.15) is 0 Å². The second kappa shape index (κ2) is 16.7. The van der Waals surface area contributed by atoms with Gasteiger partial charge in [-0.05, 0) is 67.9 Å². The highest BCUT2D eigenvalue weighted by molar-refractivity contribution is 6.24. The molecular formula is C63H41N3. The zero-order chi connectivity index (χ0) is 43.8. The Labute approximate surface area is 384 Å². The first-order valence-electron chi connectivity index (χ1n) is 22.4. The van der Waals surface area contributed by atoms with E-state index < -0.39 is 0 Å². The maximum absolute atomic E-state index is 5.49. The van der Waals surface area contributed by atoms with Crippen LogP contribution in [0.5, 0.6) is 0 Å². The van der Waals surface area contributed by atoms with Gasteiger partial charge in [-0.3, -0.25) is 0 Å². The van der Waals surface area contributed by atoms with Crippen LogP contribution in [0.15, 0.2) is 249 Å². The summed E-state index contributed by atoms with van der Waals surface area (Å²) in [7, 11) is 0. The summed E-state index contributed by atoms with van der Waals surface area (Å²) in [5, 5.41) is 5.99. The Morgan fingerprint density at radius 1 is 0.242 bits per heavy atom. The van der Waals surface area contributed by atoms with Crippen molar-refractivity contribution in [3.8, 4) is 89.7 Å². The number of benzene rings is 10. The number of nitrogens with zero attached hydrogens (tertiary/aromatic N) is 3. The molecule has 2 aromatic heterocycles. The fraction of sp³-hybridized carbons (Fsp3) is 0. The van der Waals surface area contributed by atoms with Gasteiger partial charge >= 0.3 is 0 Å². The normalized spacial score (nSPS) is 11.3. The first kappa shape index (κ1) is 38.9. The third-order valence-electron chi connectivity index (χ3n) is 12.7. The lowest BCUT2D eigenvalue weighted by molar-refractivity contribution is 1.18. The summed E-state index contributed by atoms with van der Waals surface area (Å²) in [6.07, 6.45) is 0. The topological polar surface area (TPSA) is 38.7 Å². The van der Waals surface area contributed by atoms with Crippen LogP contribution in [0.25, 0.3) is 122 Å². The number of para-hydroxylation sites is 1. The van der Waals surface area contributed by atoms with Gasteiger partial charge in [-0.2, -0.15) is 0 Å². The van der Waals surface area contributed by atoms with Crippen molar-refractivity contribution in [1.29, 1.82) is 0 Å². The number of aromatic nitrogens is 3. The molecule has 0 unspecified atom stereocenters. The van der Waals surface area contributed by atoms with Crippen LogP contribution >= 0.6 is 0 Å². The highest BCUT2D eigenvalue weighted by Crippen LogP contribution is 2.41. The van der Waals surface area contributed by atoms with Crippen molar-refractivity contribution in [2.75, 3.05) is 0 Å². The van der Waals surface area contributed by atoms with Crippen LogP contribution in [-0.2, 0) is 0 Å². The highest BCUT2D eigenvalue weighted by Gasteiger charge is 2.17. The van der Waals surface area contributed by atoms with E-state index in [1.54, 1.807) is 0 Å². The molecule has 0 saturated heterocycles. The Balaban J connectivity index is 0.925. The minimum Gasteiger partial charge on any atom is -0.246 e. The lowest BCUT2D eigenvalue weighted by Gasteiger charge is -2.15. The van der Waals surface area contributed by atoms with Gasteiger partial charge < -0.3 is 0 Å². The molecule has 0 radical (unpaired) electrons. The van der Waals surface area contributed by atoms with E-state index in [0.29, 0.717) is 5.82 Å². The summed E-state index contributed by atoms with van der Waals surface area (Å²) in [5.41, 5.74) is 17.0. The molecule has 66 heavy (non-hydrogen) atoms. The number of hydrogen-bond donors (Lipinski definition) is 0. The minimum atomic E-state index is 0.684. The Kier molecular flexibility index (Phi) is 9.85. The fourth-order valence-corrected chi connectivity index (χ4v) is 9.35. The highest BCUT2D eigenvalue weighted by atomic mass is 14.9. The van der Waals surface area contributed by atoms with Crippen LogP contribution in [0.2, 0.25) is 0 Å². The SMILES string of the molecule is c1ccc(-c2cccc(-c3cc(-c4ccc(-c5ccc(-c6nc7c(-c8ccccc8)cccc7c7c6ccc6ccccc67)cc5)cc4)nc(-c4cccc(-c5ccccc5)c4)n3)c2)cc1. The summed E-state index contributed by atoms with van der Waals surface area (Å²) < 4.78 is 0. The third-order valence-corrected chi connectivity index (χ3v) is 12.7. The van der Waals surface area contributed by atoms with Crippen molar-refractivity contribution in [1.82, 2.24) is 15.0 Å². The molecule has 0 N–H and O–H groups in total. The molecule has 12 rings (SSSR count). The average Bonchev–Trinajstić information content (AvgIpc) is 3.41. The van der Waals surface area contributed by atoms with Crippen molar-refractivity contribution in [3.63, 3.8) is 0 Å². The molecule has 3 heteroatoms. The van der Waals surface area contributed by atoms with Gasteiger partial charge in [0.25, 0.3) is 0 Å². The molecule has 0 saturated carbocycles. The van der Waals surface area contributed by atoms with Gasteiger partial charge in [0.15, 0.2) is 5.82 Å². The Bertz CT molecular complexity index is 3610. The molecule has 0 fully saturated rings. The third kappa shape index (κ3) is 7.29. The van der Waals surface area contributed by atoms with E-state index in [4.69, 9.17) is 15.0 Å². The van der Waals surface area contributed by atoms with Gasteiger partial charge in [0.05, 0.1) is 22.6 Å². The lowest BCUT2D eigenvalue weighted by atomic mass is 9.92. The molecule has 3 nitrogen and oxygen atoms in total. The van der Waals surface area contributed by atoms with Crippen LogP contribution in [0.1, 0.15) is 0 Å². The standard InChI is InChI=1S/C63H41N3/c1-4-15-42(16-5-1)50-22-12-24-52(39-50)59-41-58(64-63(65-59)53-25-13-23-51(40-53)43-17-6-2-7-18-43)48-33-29-44(30-34-48)45-31-35-49(36-32-45)61-57-38-37-47-21-10-11-26-54(47)60(57)56-28-14-27-55(62(56)66-61)46-19-8-3-9-20-46/h1-41H. The first-order valence-corrected chi connectivity index (χ1v) is 22.4. The zero-order valence-electron chi connectivity index (χ0n) is 36.0. The molecule has 12 aromatic rings. The van der Waals surface area contributed by atoms with Crippen molar-refractivity contribution in [2.45, 2.75) is 0 Å². The summed E-state index contributed by atoms with van der Waals surface area (Å²) in [6.45, 7) is 0. The molecule has 0 atom stereocenters. The van der Waals surface area contributed by atoms with E-state index in [2.05, 4.69) is 237 Å². The maximum atomic E-state index is 5.49. The molecule has 0 bridgehead atoms. The molecule has 308 valence electrons. The van der Waals surface area contributed by atoms with Crippen molar-refractivity contribution < 1.29 is 0 Å².